The molecule has 2 N–H and O–H groups in total. The summed E-state index contributed by atoms with van der Waals surface area (Å²) in [7, 11) is 0. The zero-order chi connectivity index (χ0) is 12.3. The third-order valence-corrected chi connectivity index (χ3v) is 3.34. The maximum Gasteiger partial charge on any atom is 0.240 e. The number of furan rings is 1. The highest BCUT2D eigenvalue weighted by molar-refractivity contribution is 5.85. The largest absolute Gasteiger partial charge is 0.465 e. The number of carbonyl (C=O) groups is 1. The van der Waals surface area contributed by atoms with Gasteiger partial charge in [-0.25, -0.2) is 0 Å². The number of hydrogen-bond donors (Lipinski definition) is 2. The van der Waals surface area contributed by atoms with Gasteiger partial charge in [-0.15, -0.1) is 0 Å². The summed E-state index contributed by atoms with van der Waals surface area (Å²) in [4.78, 5) is 12.1. The number of nitrogens with one attached hydrogen (secondary N) is 2. The van der Waals surface area contributed by atoms with Gasteiger partial charge in [-0.3, -0.25) is 4.79 Å². The molecule has 0 bridgehead atoms. The average molecular weight is 236 g/mol. The summed E-state index contributed by atoms with van der Waals surface area (Å²) in [6, 6.07) is 3.80. The quantitative estimate of drug-likeness (QED) is 0.840. The van der Waals surface area contributed by atoms with E-state index in [2.05, 4.69) is 10.6 Å². The molecule has 1 saturated heterocycles. The fraction of sp³-hybridized carbons (Fsp3) is 0.615. The van der Waals surface area contributed by atoms with Crippen LogP contribution in [0.25, 0.3) is 0 Å². The van der Waals surface area contributed by atoms with Crippen LogP contribution < -0.4 is 10.6 Å². The second-order valence-corrected chi connectivity index (χ2v) is 4.91. The van der Waals surface area contributed by atoms with Gasteiger partial charge in [0.25, 0.3) is 0 Å². The highest BCUT2D eigenvalue weighted by Crippen LogP contribution is 2.19. The molecule has 1 atom stereocenters. The minimum absolute atomic E-state index is 0.0613. The third-order valence-electron chi connectivity index (χ3n) is 3.34. The van der Waals surface area contributed by atoms with Crippen LogP contribution >= 0.6 is 0 Å². The Labute approximate surface area is 102 Å². The summed E-state index contributed by atoms with van der Waals surface area (Å²) >= 11 is 0. The van der Waals surface area contributed by atoms with E-state index in [0.717, 1.165) is 37.3 Å². The molecule has 2 rings (SSSR count). The van der Waals surface area contributed by atoms with Gasteiger partial charge in [0.2, 0.25) is 5.91 Å². The third kappa shape index (κ3) is 2.88. The van der Waals surface area contributed by atoms with Crippen molar-refractivity contribution in [3.8, 4) is 0 Å². The zero-order valence-corrected chi connectivity index (χ0v) is 10.5. The van der Waals surface area contributed by atoms with E-state index in [4.69, 9.17) is 4.42 Å². The summed E-state index contributed by atoms with van der Waals surface area (Å²) in [5, 5.41) is 6.22. The van der Waals surface area contributed by atoms with Crippen molar-refractivity contribution in [2.75, 3.05) is 6.54 Å². The lowest BCUT2D eigenvalue weighted by Gasteiger charge is -2.33. The molecule has 4 heteroatoms. The number of amides is 1. The number of piperidine rings is 1. The van der Waals surface area contributed by atoms with E-state index in [1.807, 2.05) is 26.0 Å². The second kappa shape index (κ2) is 4.92. The fourth-order valence-electron chi connectivity index (χ4n) is 2.19. The molecular formula is C13H20N2O2. The van der Waals surface area contributed by atoms with E-state index in [-0.39, 0.29) is 5.91 Å². The van der Waals surface area contributed by atoms with Crippen LogP contribution in [0.5, 0.6) is 0 Å². The van der Waals surface area contributed by atoms with Crippen molar-refractivity contribution in [3.63, 3.8) is 0 Å². The summed E-state index contributed by atoms with van der Waals surface area (Å²) < 4.78 is 5.42. The van der Waals surface area contributed by atoms with Gasteiger partial charge in [0.1, 0.15) is 11.5 Å². The normalized spacial score (nSPS) is 24.6. The minimum atomic E-state index is -0.417. The number of aryl methyl sites for hydroxylation is 1. The molecule has 0 radical (unpaired) electrons. The van der Waals surface area contributed by atoms with E-state index in [9.17, 15) is 4.79 Å². The Bertz CT molecular complexity index is 392. The van der Waals surface area contributed by atoms with E-state index < -0.39 is 5.54 Å². The van der Waals surface area contributed by atoms with Crippen LogP contribution in [0.4, 0.5) is 0 Å². The van der Waals surface area contributed by atoms with Crippen LogP contribution in [0, 0.1) is 6.92 Å². The van der Waals surface area contributed by atoms with Crippen molar-refractivity contribution in [2.45, 2.75) is 45.2 Å². The summed E-state index contributed by atoms with van der Waals surface area (Å²) in [5.74, 6) is 1.73. The van der Waals surface area contributed by atoms with Crippen molar-refractivity contribution in [1.82, 2.24) is 10.6 Å². The van der Waals surface area contributed by atoms with Crippen LogP contribution in [-0.4, -0.2) is 18.0 Å². The molecule has 1 aromatic heterocycles. The molecule has 1 amide bonds. The Morgan fingerprint density at radius 2 is 2.35 bits per heavy atom. The van der Waals surface area contributed by atoms with Gasteiger partial charge < -0.3 is 15.1 Å². The van der Waals surface area contributed by atoms with Crippen LogP contribution in [0.2, 0.25) is 0 Å². The van der Waals surface area contributed by atoms with Crippen molar-refractivity contribution in [1.29, 1.82) is 0 Å². The molecule has 0 saturated carbocycles. The maximum absolute atomic E-state index is 12.1. The molecule has 0 aliphatic carbocycles. The standard InChI is InChI=1S/C13H20N2O2/c1-10-5-6-11(17-10)9-14-12(16)13(2)7-3-4-8-15-13/h5-6,15H,3-4,7-9H2,1-2H3,(H,14,16). The predicted molar refractivity (Wildman–Crippen MR) is 65.6 cm³/mol. The van der Waals surface area contributed by atoms with Gasteiger partial charge in [-0.1, -0.05) is 0 Å². The molecule has 4 nitrogen and oxygen atoms in total. The lowest BCUT2D eigenvalue weighted by atomic mass is 9.90. The Morgan fingerprint density at radius 3 is 2.94 bits per heavy atom. The highest BCUT2D eigenvalue weighted by Gasteiger charge is 2.33. The first kappa shape index (κ1) is 12.2. The van der Waals surface area contributed by atoms with Gasteiger partial charge in [0.05, 0.1) is 12.1 Å². The molecule has 0 spiro atoms. The van der Waals surface area contributed by atoms with Gasteiger partial charge in [-0.05, 0) is 51.8 Å². The first-order valence-corrected chi connectivity index (χ1v) is 6.19. The maximum atomic E-state index is 12.1. The smallest absolute Gasteiger partial charge is 0.240 e. The van der Waals surface area contributed by atoms with Gasteiger partial charge in [0, 0.05) is 0 Å². The number of rotatable bonds is 3. The Morgan fingerprint density at radius 1 is 1.53 bits per heavy atom. The molecule has 17 heavy (non-hydrogen) atoms. The van der Waals surface area contributed by atoms with Crippen molar-refractivity contribution >= 4 is 5.91 Å². The molecule has 94 valence electrons. The fourth-order valence-corrected chi connectivity index (χ4v) is 2.19. The Balaban J connectivity index is 1.88. The molecule has 1 aromatic rings. The molecule has 1 fully saturated rings. The summed E-state index contributed by atoms with van der Waals surface area (Å²) in [6.07, 6.45) is 3.16. The number of carbonyl (C=O) groups excluding carboxylic acids is 1. The van der Waals surface area contributed by atoms with Gasteiger partial charge >= 0.3 is 0 Å². The lowest BCUT2D eigenvalue weighted by molar-refractivity contribution is -0.128. The molecule has 2 heterocycles. The van der Waals surface area contributed by atoms with E-state index in [1.54, 1.807) is 0 Å². The molecular weight excluding hydrogens is 216 g/mol. The molecule has 0 aromatic carbocycles. The highest BCUT2D eigenvalue weighted by atomic mass is 16.3. The predicted octanol–water partition coefficient (Wildman–Crippen LogP) is 1.74. The Kier molecular flexibility index (Phi) is 3.52. The van der Waals surface area contributed by atoms with Crippen LogP contribution in [-0.2, 0) is 11.3 Å². The summed E-state index contributed by atoms with van der Waals surface area (Å²) in [5.41, 5.74) is -0.417. The van der Waals surface area contributed by atoms with Crippen molar-refractivity contribution in [3.05, 3.63) is 23.7 Å². The van der Waals surface area contributed by atoms with Crippen LogP contribution in [0.15, 0.2) is 16.5 Å². The SMILES string of the molecule is Cc1ccc(CNC(=O)C2(C)CCCCN2)o1. The van der Waals surface area contributed by atoms with E-state index in [1.165, 1.54) is 0 Å². The van der Waals surface area contributed by atoms with Gasteiger partial charge in [-0.2, -0.15) is 0 Å². The van der Waals surface area contributed by atoms with Crippen molar-refractivity contribution < 1.29 is 9.21 Å². The van der Waals surface area contributed by atoms with E-state index >= 15 is 0 Å². The second-order valence-electron chi connectivity index (χ2n) is 4.91. The van der Waals surface area contributed by atoms with E-state index in [0.29, 0.717) is 6.54 Å². The molecule has 1 aliphatic rings. The molecule has 1 aliphatic heterocycles. The monoisotopic (exact) mass is 236 g/mol. The topological polar surface area (TPSA) is 54.3 Å². The van der Waals surface area contributed by atoms with Crippen LogP contribution in [0.3, 0.4) is 0 Å². The zero-order valence-electron chi connectivity index (χ0n) is 10.5. The first-order chi connectivity index (χ1) is 8.10. The minimum Gasteiger partial charge on any atom is -0.465 e. The molecule has 1 unspecified atom stereocenters. The Hall–Kier alpha value is -1.29. The lowest BCUT2D eigenvalue weighted by Crippen LogP contribution is -2.56. The number of hydrogen-bond acceptors (Lipinski definition) is 3. The van der Waals surface area contributed by atoms with Crippen LogP contribution in [0.1, 0.15) is 37.7 Å². The first-order valence-electron chi connectivity index (χ1n) is 6.19. The summed E-state index contributed by atoms with van der Waals surface area (Å²) in [6.45, 7) is 5.25. The van der Waals surface area contributed by atoms with Gasteiger partial charge in [0.15, 0.2) is 0 Å². The average Bonchev–Trinajstić information content (AvgIpc) is 2.73. The van der Waals surface area contributed by atoms with Crippen molar-refractivity contribution in [2.24, 2.45) is 0 Å².